The van der Waals surface area contributed by atoms with Crippen molar-refractivity contribution in [2.24, 2.45) is 5.92 Å². The number of halogens is 1. The monoisotopic (exact) mass is 239 g/mol. The van der Waals surface area contributed by atoms with Gasteiger partial charge in [-0.2, -0.15) is 0 Å². The fourth-order valence-electron chi connectivity index (χ4n) is 2.34. The predicted molar refractivity (Wildman–Crippen MR) is 62.8 cm³/mol. The van der Waals surface area contributed by atoms with Crippen molar-refractivity contribution in [3.63, 3.8) is 0 Å². The lowest BCUT2D eigenvalue weighted by Crippen LogP contribution is -2.21. The van der Waals surface area contributed by atoms with Gasteiger partial charge in [0.2, 0.25) is 0 Å². The van der Waals surface area contributed by atoms with Crippen LogP contribution >= 0.6 is 11.6 Å². The van der Waals surface area contributed by atoms with Crippen LogP contribution in [-0.4, -0.2) is 36.1 Å². The Morgan fingerprint density at radius 2 is 2.12 bits per heavy atom. The molecule has 2 rings (SSSR count). The zero-order valence-electron chi connectivity index (χ0n) is 9.06. The van der Waals surface area contributed by atoms with Crippen LogP contribution in [0.4, 0.5) is 0 Å². The Hall–Kier alpha value is -1.06. The van der Waals surface area contributed by atoms with E-state index in [4.69, 9.17) is 11.6 Å². The molecule has 3 nitrogen and oxygen atoms in total. The van der Waals surface area contributed by atoms with Crippen molar-refractivity contribution < 1.29 is 9.90 Å². The van der Waals surface area contributed by atoms with E-state index >= 15 is 0 Å². The molecule has 1 heterocycles. The van der Waals surface area contributed by atoms with E-state index in [-0.39, 0.29) is 11.8 Å². The van der Waals surface area contributed by atoms with Gasteiger partial charge in [-0.3, -0.25) is 4.79 Å². The first-order chi connectivity index (χ1) is 7.59. The first kappa shape index (κ1) is 11.4. The smallest absolute Gasteiger partial charge is 0.308 e. The third-order valence-corrected chi connectivity index (χ3v) is 3.47. The molecule has 1 aliphatic rings. The molecule has 0 bridgehead atoms. The molecule has 0 amide bonds. The van der Waals surface area contributed by atoms with E-state index < -0.39 is 5.97 Å². The third kappa shape index (κ3) is 2.06. The molecule has 1 fully saturated rings. The lowest BCUT2D eigenvalue weighted by Gasteiger charge is -2.16. The molecule has 0 unspecified atom stereocenters. The number of rotatable bonds is 2. The van der Waals surface area contributed by atoms with Gasteiger partial charge in [-0.25, -0.2) is 0 Å². The molecule has 4 heteroatoms. The summed E-state index contributed by atoms with van der Waals surface area (Å²) in [5.41, 5.74) is 0.945. The van der Waals surface area contributed by atoms with Gasteiger partial charge in [0, 0.05) is 24.0 Å². The standard InChI is InChI=1S/C12H14ClNO2/c1-14-6-9(10(7-14)12(15)16)8-4-2-3-5-11(8)13/h2-5,9-10H,6-7H2,1H3,(H,15,16)/t9-,10+/m1/s1. The molecule has 0 radical (unpaired) electrons. The molecule has 0 spiro atoms. The molecule has 1 aliphatic heterocycles. The number of hydrogen-bond acceptors (Lipinski definition) is 2. The van der Waals surface area contributed by atoms with E-state index in [9.17, 15) is 9.90 Å². The minimum absolute atomic E-state index is 0.00352. The van der Waals surface area contributed by atoms with Crippen LogP contribution in [-0.2, 0) is 4.79 Å². The van der Waals surface area contributed by atoms with E-state index in [1.807, 2.05) is 36.2 Å². The maximum absolute atomic E-state index is 11.2. The van der Waals surface area contributed by atoms with Crippen LogP contribution in [0.3, 0.4) is 0 Å². The number of carboxylic acids is 1. The number of aliphatic carboxylic acids is 1. The van der Waals surface area contributed by atoms with Gasteiger partial charge in [0.15, 0.2) is 0 Å². The summed E-state index contributed by atoms with van der Waals surface area (Å²) in [6, 6.07) is 7.49. The largest absolute Gasteiger partial charge is 0.481 e. The second kappa shape index (κ2) is 4.44. The number of carbonyl (C=O) groups is 1. The van der Waals surface area contributed by atoms with E-state index in [1.165, 1.54) is 0 Å². The van der Waals surface area contributed by atoms with Crippen LogP contribution in [0.5, 0.6) is 0 Å². The van der Waals surface area contributed by atoms with Gasteiger partial charge in [-0.15, -0.1) is 0 Å². The van der Waals surface area contributed by atoms with Crippen LogP contribution in [0.1, 0.15) is 11.5 Å². The molecule has 86 valence electrons. The quantitative estimate of drug-likeness (QED) is 0.859. The Bertz CT molecular complexity index is 408. The highest BCUT2D eigenvalue weighted by Crippen LogP contribution is 2.35. The number of nitrogens with zero attached hydrogens (tertiary/aromatic N) is 1. The van der Waals surface area contributed by atoms with E-state index in [0.717, 1.165) is 12.1 Å². The summed E-state index contributed by atoms with van der Waals surface area (Å²) < 4.78 is 0. The molecule has 0 aromatic heterocycles. The van der Waals surface area contributed by atoms with Crippen molar-refractivity contribution in [1.29, 1.82) is 0 Å². The molecule has 1 aromatic rings. The molecular formula is C12H14ClNO2. The van der Waals surface area contributed by atoms with Crippen molar-refractivity contribution in [1.82, 2.24) is 4.90 Å². The predicted octanol–water partition coefficient (Wildman–Crippen LogP) is 2.07. The highest BCUT2D eigenvalue weighted by molar-refractivity contribution is 6.31. The zero-order chi connectivity index (χ0) is 11.7. The minimum Gasteiger partial charge on any atom is -0.481 e. The van der Waals surface area contributed by atoms with Crippen molar-refractivity contribution in [3.8, 4) is 0 Å². The van der Waals surface area contributed by atoms with E-state index in [0.29, 0.717) is 11.6 Å². The first-order valence-electron chi connectivity index (χ1n) is 5.25. The maximum Gasteiger partial charge on any atom is 0.308 e. The molecule has 1 N–H and O–H groups in total. The van der Waals surface area contributed by atoms with Crippen LogP contribution in [0.25, 0.3) is 0 Å². The summed E-state index contributed by atoms with van der Waals surface area (Å²) in [4.78, 5) is 13.2. The molecular weight excluding hydrogens is 226 g/mol. The topological polar surface area (TPSA) is 40.5 Å². The molecule has 1 saturated heterocycles. The average Bonchev–Trinajstić information content (AvgIpc) is 2.61. The number of carboxylic acid groups (broad SMARTS) is 1. The minimum atomic E-state index is -0.741. The molecule has 0 aliphatic carbocycles. The van der Waals surface area contributed by atoms with Crippen LogP contribution < -0.4 is 0 Å². The molecule has 1 aromatic carbocycles. The lowest BCUT2D eigenvalue weighted by molar-refractivity contribution is -0.141. The van der Waals surface area contributed by atoms with Gasteiger partial charge < -0.3 is 10.0 Å². The summed E-state index contributed by atoms with van der Waals surface area (Å²) in [6.07, 6.45) is 0. The molecule has 2 atom stereocenters. The Morgan fingerprint density at radius 3 is 2.75 bits per heavy atom. The van der Waals surface area contributed by atoms with Gasteiger partial charge in [0.1, 0.15) is 0 Å². The fourth-order valence-corrected chi connectivity index (χ4v) is 2.62. The second-order valence-electron chi connectivity index (χ2n) is 4.29. The Kier molecular flexibility index (Phi) is 3.17. The number of benzene rings is 1. The zero-order valence-corrected chi connectivity index (χ0v) is 9.81. The molecule has 16 heavy (non-hydrogen) atoms. The van der Waals surface area contributed by atoms with Gasteiger partial charge in [-0.1, -0.05) is 29.8 Å². The SMILES string of the molecule is CN1C[C@H](C(=O)O)[C@@H](c2ccccc2Cl)C1. The summed E-state index contributed by atoms with van der Waals surface area (Å²) in [6.45, 7) is 1.34. The van der Waals surface area contributed by atoms with Crippen molar-refractivity contribution in [3.05, 3.63) is 34.9 Å². The highest BCUT2D eigenvalue weighted by Gasteiger charge is 2.37. The summed E-state index contributed by atoms with van der Waals surface area (Å²) in [5.74, 6) is -1.10. The van der Waals surface area contributed by atoms with E-state index in [2.05, 4.69) is 0 Å². The fraction of sp³-hybridized carbons (Fsp3) is 0.417. The maximum atomic E-state index is 11.2. The first-order valence-corrected chi connectivity index (χ1v) is 5.63. The Morgan fingerprint density at radius 1 is 1.44 bits per heavy atom. The van der Waals surface area contributed by atoms with E-state index in [1.54, 1.807) is 0 Å². The Balaban J connectivity index is 2.33. The summed E-state index contributed by atoms with van der Waals surface area (Å²) in [5, 5.41) is 9.85. The van der Waals surface area contributed by atoms with Crippen molar-refractivity contribution >= 4 is 17.6 Å². The second-order valence-corrected chi connectivity index (χ2v) is 4.70. The highest BCUT2D eigenvalue weighted by atomic mass is 35.5. The number of likely N-dealkylation sites (tertiary alicyclic amines) is 1. The number of hydrogen-bond donors (Lipinski definition) is 1. The van der Waals surface area contributed by atoms with Crippen LogP contribution in [0.15, 0.2) is 24.3 Å². The number of likely N-dealkylation sites (N-methyl/N-ethyl adjacent to an activating group) is 1. The normalized spacial score (nSPS) is 25.9. The van der Waals surface area contributed by atoms with Crippen LogP contribution in [0.2, 0.25) is 5.02 Å². The lowest BCUT2D eigenvalue weighted by atomic mass is 9.89. The van der Waals surface area contributed by atoms with Gasteiger partial charge >= 0.3 is 5.97 Å². The Labute approximate surface area is 99.6 Å². The van der Waals surface area contributed by atoms with Gasteiger partial charge in [0.05, 0.1) is 5.92 Å². The molecule has 0 saturated carbocycles. The van der Waals surface area contributed by atoms with Crippen molar-refractivity contribution in [2.75, 3.05) is 20.1 Å². The van der Waals surface area contributed by atoms with Crippen LogP contribution in [0, 0.1) is 5.92 Å². The van der Waals surface area contributed by atoms with Gasteiger partial charge in [0.25, 0.3) is 0 Å². The van der Waals surface area contributed by atoms with Crippen molar-refractivity contribution in [2.45, 2.75) is 5.92 Å². The summed E-state index contributed by atoms with van der Waals surface area (Å²) in [7, 11) is 1.94. The third-order valence-electron chi connectivity index (χ3n) is 3.12. The average molecular weight is 240 g/mol. The summed E-state index contributed by atoms with van der Waals surface area (Å²) >= 11 is 6.11. The van der Waals surface area contributed by atoms with Gasteiger partial charge in [-0.05, 0) is 18.7 Å².